The predicted molar refractivity (Wildman–Crippen MR) is 121 cm³/mol. The van der Waals surface area contributed by atoms with Gasteiger partial charge in [0.25, 0.3) is 0 Å². The number of benzene rings is 3. The highest BCUT2D eigenvalue weighted by Gasteiger charge is 2.08. The van der Waals surface area contributed by atoms with E-state index in [0.29, 0.717) is 6.54 Å². The number of para-hydroxylation sites is 1. The summed E-state index contributed by atoms with van der Waals surface area (Å²) in [5.41, 5.74) is 6.46. The molecule has 1 heterocycles. The van der Waals surface area contributed by atoms with Gasteiger partial charge in [0.1, 0.15) is 5.82 Å². The molecule has 0 fully saturated rings. The molecule has 0 atom stereocenters. The van der Waals surface area contributed by atoms with Crippen molar-refractivity contribution in [2.75, 3.05) is 0 Å². The molecule has 0 aliphatic carbocycles. The molecule has 4 nitrogen and oxygen atoms in total. The largest absolute Gasteiger partial charge is 0.342 e. The van der Waals surface area contributed by atoms with Gasteiger partial charge in [-0.15, -0.1) is 0 Å². The van der Waals surface area contributed by atoms with Crippen LogP contribution in [-0.2, 0) is 17.8 Å². The van der Waals surface area contributed by atoms with Crippen molar-refractivity contribution < 1.29 is 9.18 Å². The molecule has 6 heteroatoms. The van der Waals surface area contributed by atoms with Crippen LogP contribution in [0.25, 0.3) is 10.9 Å². The molecular weight excluding hydrogens is 445 g/mol. The first-order chi connectivity index (χ1) is 14.6. The minimum Gasteiger partial charge on any atom is -0.342 e. The SMILES string of the molecule is O=C(Cc1ccc(Br)cc1)N/N=C/c1cn(Cc2ccc(F)cc2)c2ccccc12. The predicted octanol–water partition coefficient (Wildman–Crippen LogP) is 5.28. The van der Waals surface area contributed by atoms with E-state index in [1.54, 1.807) is 18.3 Å². The minimum atomic E-state index is -0.247. The molecule has 0 aliphatic rings. The van der Waals surface area contributed by atoms with Crippen LogP contribution in [-0.4, -0.2) is 16.7 Å². The monoisotopic (exact) mass is 463 g/mol. The summed E-state index contributed by atoms with van der Waals surface area (Å²) in [6.07, 6.45) is 3.90. The lowest BCUT2D eigenvalue weighted by Gasteiger charge is -2.05. The third kappa shape index (κ3) is 4.83. The topological polar surface area (TPSA) is 46.4 Å². The third-order valence-corrected chi connectivity index (χ3v) is 5.29. The summed E-state index contributed by atoms with van der Waals surface area (Å²) in [7, 11) is 0. The Hall–Kier alpha value is -3.25. The van der Waals surface area contributed by atoms with Crippen LogP contribution in [0, 0.1) is 5.82 Å². The zero-order valence-electron chi connectivity index (χ0n) is 16.1. The van der Waals surface area contributed by atoms with E-state index < -0.39 is 0 Å². The third-order valence-electron chi connectivity index (χ3n) is 4.76. The number of aromatic nitrogens is 1. The van der Waals surface area contributed by atoms with Crippen LogP contribution in [0.3, 0.4) is 0 Å². The molecule has 0 radical (unpaired) electrons. The second kappa shape index (κ2) is 9.05. The normalized spacial score (nSPS) is 11.3. The number of amides is 1. The number of carbonyl (C=O) groups excluding carboxylic acids is 1. The van der Waals surface area contributed by atoms with Gasteiger partial charge >= 0.3 is 0 Å². The Balaban J connectivity index is 1.49. The number of halogens is 2. The minimum absolute atomic E-state index is 0.177. The molecule has 0 saturated heterocycles. The van der Waals surface area contributed by atoms with Gasteiger partial charge in [-0.25, -0.2) is 9.82 Å². The lowest BCUT2D eigenvalue weighted by Crippen LogP contribution is -2.19. The van der Waals surface area contributed by atoms with Gasteiger partial charge in [0, 0.05) is 33.7 Å². The van der Waals surface area contributed by atoms with E-state index >= 15 is 0 Å². The smallest absolute Gasteiger partial charge is 0.244 e. The highest BCUT2D eigenvalue weighted by Crippen LogP contribution is 2.21. The maximum atomic E-state index is 13.2. The van der Waals surface area contributed by atoms with Gasteiger partial charge in [-0.1, -0.05) is 58.4 Å². The Labute approximate surface area is 182 Å². The second-order valence-electron chi connectivity index (χ2n) is 6.95. The summed E-state index contributed by atoms with van der Waals surface area (Å²) in [5, 5.41) is 5.17. The first kappa shape index (κ1) is 20.0. The fourth-order valence-electron chi connectivity index (χ4n) is 3.30. The fraction of sp³-hybridized carbons (Fsp3) is 0.0833. The van der Waals surface area contributed by atoms with E-state index in [-0.39, 0.29) is 18.1 Å². The maximum absolute atomic E-state index is 13.2. The summed E-state index contributed by atoms with van der Waals surface area (Å²) in [4.78, 5) is 12.2. The van der Waals surface area contributed by atoms with E-state index in [9.17, 15) is 9.18 Å². The van der Waals surface area contributed by atoms with Crippen molar-refractivity contribution in [1.82, 2.24) is 9.99 Å². The Morgan fingerprint density at radius 1 is 1.00 bits per heavy atom. The Morgan fingerprint density at radius 3 is 2.47 bits per heavy atom. The van der Waals surface area contributed by atoms with E-state index in [1.165, 1.54) is 12.1 Å². The molecule has 4 aromatic rings. The summed E-state index contributed by atoms with van der Waals surface area (Å²) in [6, 6.07) is 22.1. The van der Waals surface area contributed by atoms with Crippen molar-refractivity contribution in [2.24, 2.45) is 5.10 Å². The Morgan fingerprint density at radius 2 is 1.70 bits per heavy atom. The molecule has 0 bridgehead atoms. The average molecular weight is 464 g/mol. The quantitative estimate of drug-likeness (QED) is 0.306. The Kier molecular flexibility index (Phi) is 6.05. The van der Waals surface area contributed by atoms with Crippen molar-refractivity contribution in [3.05, 3.63) is 106 Å². The highest BCUT2D eigenvalue weighted by atomic mass is 79.9. The number of hydrazone groups is 1. The van der Waals surface area contributed by atoms with Crippen LogP contribution < -0.4 is 5.43 Å². The number of nitrogens with one attached hydrogen (secondary N) is 1. The van der Waals surface area contributed by atoms with Gasteiger partial charge in [0.2, 0.25) is 5.91 Å². The zero-order chi connectivity index (χ0) is 20.9. The van der Waals surface area contributed by atoms with Crippen LogP contribution in [0.5, 0.6) is 0 Å². The van der Waals surface area contributed by atoms with Crippen LogP contribution in [0.2, 0.25) is 0 Å². The highest BCUT2D eigenvalue weighted by molar-refractivity contribution is 9.10. The fourth-order valence-corrected chi connectivity index (χ4v) is 3.56. The Bertz CT molecular complexity index is 1200. The summed E-state index contributed by atoms with van der Waals surface area (Å²) in [6.45, 7) is 0.616. The number of fused-ring (bicyclic) bond motifs is 1. The summed E-state index contributed by atoms with van der Waals surface area (Å²) < 4.78 is 16.2. The lowest BCUT2D eigenvalue weighted by molar-refractivity contribution is -0.120. The lowest BCUT2D eigenvalue weighted by atomic mass is 10.1. The van der Waals surface area contributed by atoms with Crippen molar-refractivity contribution in [1.29, 1.82) is 0 Å². The first-order valence-corrected chi connectivity index (χ1v) is 10.3. The van der Waals surface area contributed by atoms with Crippen molar-refractivity contribution in [2.45, 2.75) is 13.0 Å². The van der Waals surface area contributed by atoms with Gasteiger partial charge in [0.05, 0.1) is 12.6 Å². The number of carbonyl (C=O) groups is 1. The maximum Gasteiger partial charge on any atom is 0.244 e. The van der Waals surface area contributed by atoms with Crippen molar-refractivity contribution >= 4 is 39.0 Å². The number of hydrogen-bond acceptors (Lipinski definition) is 2. The van der Waals surface area contributed by atoms with Gasteiger partial charge in [-0.05, 0) is 41.5 Å². The molecule has 3 aromatic carbocycles. The van der Waals surface area contributed by atoms with Crippen LogP contribution in [0.1, 0.15) is 16.7 Å². The molecule has 30 heavy (non-hydrogen) atoms. The number of nitrogens with zero attached hydrogens (tertiary/aromatic N) is 2. The van der Waals surface area contributed by atoms with Crippen LogP contribution >= 0.6 is 15.9 Å². The van der Waals surface area contributed by atoms with Crippen LogP contribution in [0.15, 0.2) is 88.6 Å². The molecule has 1 aromatic heterocycles. The zero-order valence-corrected chi connectivity index (χ0v) is 17.6. The van der Waals surface area contributed by atoms with E-state index in [4.69, 9.17) is 0 Å². The van der Waals surface area contributed by atoms with E-state index in [2.05, 4.69) is 31.0 Å². The molecule has 0 spiro atoms. The van der Waals surface area contributed by atoms with Crippen molar-refractivity contribution in [3.63, 3.8) is 0 Å². The number of hydrogen-bond donors (Lipinski definition) is 1. The summed E-state index contributed by atoms with van der Waals surface area (Å²) >= 11 is 3.38. The summed E-state index contributed by atoms with van der Waals surface area (Å²) in [5.74, 6) is -0.425. The standard InChI is InChI=1S/C24H19BrFN3O/c25-20-9-5-17(6-10-20)13-24(30)28-27-14-19-16-29(23-4-2-1-3-22(19)23)15-18-7-11-21(26)12-8-18/h1-12,14,16H,13,15H2,(H,28,30)/b27-14+. The second-order valence-corrected chi connectivity index (χ2v) is 7.87. The molecule has 4 rings (SSSR count). The molecule has 1 amide bonds. The van der Waals surface area contributed by atoms with Crippen molar-refractivity contribution in [3.8, 4) is 0 Å². The number of rotatable bonds is 6. The van der Waals surface area contributed by atoms with Gasteiger partial charge in [0.15, 0.2) is 0 Å². The molecule has 0 aliphatic heterocycles. The molecule has 150 valence electrons. The van der Waals surface area contributed by atoms with E-state index in [1.807, 2.05) is 54.7 Å². The molecule has 0 unspecified atom stereocenters. The molecular formula is C24H19BrFN3O. The van der Waals surface area contributed by atoms with Gasteiger partial charge in [-0.3, -0.25) is 4.79 Å². The van der Waals surface area contributed by atoms with E-state index in [0.717, 1.165) is 32.1 Å². The molecule has 0 saturated carbocycles. The average Bonchev–Trinajstić information content (AvgIpc) is 3.09. The van der Waals surface area contributed by atoms with Gasteiger partial charge < -0.3 is 4.57 Å². The first-order valence-electron chi connectivity index (χ1n) is 9.47. The van der Waals surface area contributed by atoms with Crippen LogP contribution in [0.4, 0.5) is 4.39 Å². The van der Waals surface area contributed by atoms with Gasteiger partial charge in [-0.2, -0.15) is 5.10 Å². The molecule has 1 N–H and O–H groups in total.